The number of sulfone groups is 1. The molecule has 0 saturated heterocycles. The Bertz CT molecular complexity index is 1200. The molecule has 31 heavy (non-hydrogen) atoms. The molecule has 0 radical (unpaired) electrons. The quantitative estimate of drug-likeness (QED) is 0.539. The lowest BCUT2D eigenvalue weighted by Gasteiger charge is -2.15. The molecule has 0 atom stereocenters. The van der Waals surface area contributed by atoms with E-state index >= 15 is 0 Å². The van der Waals surface area contributed by atoms with Crippen molar-refractivity contribution in [2.45, 2.75) is 25.3 Å². The van der Waals surface area contributed by atoms with Crippen LogP contribution >= 0.6 is 0 Å². The Balaban J connectivity index is 1.81. The number of benzene rings is 3. The number of hydrogen-bond acceptors (Lipinski definition) is 5. The predicted octanol–water partition coefficient (Wildman–Crippen LogP) is 4.45. The van der Waals surface area contributed by atoms with Crippen LogP contribution < -0.4 is 10.1 Å². The highest BCUT2D eigenvalue weighted by atomic mass is 32.2. The maximum atomic E-state index is 12.0. The van der Waals surface area contributed by atoms with Gasteiger partial charge in [0.2, 0.25) is 0 Å². The van der Waals surface area contributed by atoms with Crippen molar-refractivity contribution >= 4 is 21.5 Å². The second-order valence-corrected chi connectivity index (χ2v) is 9.29. The number of carboxylic acid groups (broad SMARTS) is 1. The van der Waals surface area contributed by atoms with Gasteiger partial charge in [-0.15, -0.1) is 0 Å². The van der Waals surface area contributed by atoms with Gasteiger partial charge in [-0.3, -0.25) is 4.79 Å². The molecule has 0 aliphatic heterocycles. The summed E-state index contributed by atoms with van der Waals surface area (Å²) < 4.78 is 29.5. The van der Waals surface area contributed by atoms with E-state index in [-0.39, 0.29) is 4.90 Å². The van der Waals surface area contributed by atoms with E-state index in [2.05, 4.69) is 37.4 Å². The van der Waals surface area contributed by atoms with Crippen LogP contribution in [-0.2, 0) is 21.2 Å². The lowest BCUT2D eigenvalue weighted by Crippen LogP contribution is -2.15. The van der Waals surface area contributed by atoms with Gasteiger partial charge >= 0.3 is 5.97 Å². The summed E-state index contributed by atoms with van der Waals surface area (Å²) in [6, 6.07) is 18.3. The first kappa shape index (κ1) is 22.4. The number of carboxylic acids is 1. The Kier molecular flexibility index (Phi) is 6.65. The smallest absolute Gasteiger partial charge is 0.319 e. The molecule has 3 aromatic rings. The molecule has 0 fully saturated rings. The van der Waals surface area contributed by atoms with E-state index in [1.807, 2.05) is 18.2 Å². The van der Waals surface area contributed by atoms with E-state index in [1.54, 1.807) is 19.2 Å². The van der Waals surface area contributed by atoms with E-state index in [1.165, 1.54) is 23.3 Å². The molecule has 7 heteroatoms. The molecule has 0 unspecified atom stereocenters. The topological polar surface area (TPSA) is 92.7 Å². The summed E-state index contributed by atoms with van der Waals surface area (Å²) in [6.07, 6.45) is 0. The molecule has 0 heterocycles. The molecule has 0 aliphatic rings. The number of aryl methyl sites for hydroxylation is 1. The minimum absolute atomic E-state index is 0.0186. The third-order valence-corrected chi connectivity index (χ3v) is 6.82. The summed E-state index contributed by atoms with van der Waals surface area (Å²) in [4.78, 5) is 10.7. The van der Waals surface area contributed by atoms with Crippen molar-refractivity contribution in [2.24, 2.45) is 0 Å². The maximum Gasteiger partial charge on any atom is 0.319 e. The summed E-state index contributed by atoms with van der Waals surface area (Å²) in [7, 11) is -2.22. The largest absolute Gasteiger partial charge is 0.496 e. The average molecular weight is 440 g/mol. The molecule has 0 aromatic heterocycles. The predicted molar refractivity (Wildman–Crippen MR) is 121 cm³/mol. The fraction of sp³-hybridized carbons (Fsp3) is 0.208. The Labute approximate surface area is 182 Å². The fourth-order valence-electron chi connectivity index (χ4n) is 3.37. The van der Waals surface area contributed by atoms with Gasteiger partial charge in [0.15, 0.2) is 15.6 Å². The van der Waals surface area contributed by atoms with E-state index in [0.717, 1.165) is 22.4 Å². The standard InChI is InChI=1S/C24H25NO5S/c1-16-5-4-6-22(17(16)2)18-7-12-23(30-3)19(13-18)14-25-20-8-10-21(11-9-20)31(28,29)15-24(26)27/h4-13,25H,14-15H2,1-3H3,(H,26,27). The number of anilines is 1. The van der Waals surface area contributed by atoms with Gasteiger partial charge in [0.1, 0.15) is 5.75 Å². The van der Waals surface area contributed by atoms with Crippen molar-refractivity contribution in [2.75, 3.05) is 18.2 Å². The summed E-state index contributed by atoms with van der Waals surface area (Å²) in [5.41, 5.74) is 6.39. The van der Waals surface area contributed by atoms with Gasteiger partial charge in [0.25, 0.3) is 0 Å². The average Bonchev–Trinajstić information content (AvgIpc) is 2.73. The van der Waals surface area contributed by atoms with E-state index in [4.69, 9.17) is 9.84 Å². The van der Waals surface area contributed by atoms with Crippen LogP contribution in [0, 0.1) is 13.8 Å². The first-order valence-electron chi connectivity index (χ1n) is 9.73. The number of methoxy groups -OCH3 is 1. The number of hydrogen-bond donors (Lipinski definition) is 2. The van der Waals surface area contributed by atoms with Crippen molar-refractivity contribution in [3.63, 3.8) is 0 Å². The number of carbonyl (C=O) groups is 1. The first-order chi connectivity index (χ1) is 14.7. The van der Waals surface area contributed by atoms with Crippen molar-refractivity contribution in [1.29, 1.82) is 0 Å². The molecule has 3 aromatic carbocycles. The fourth-order valence-corrected chi connectivity index (χ4v) is 4.41. The van der Waals surface area contributed by atoms with Gasteiger partial charge in [-0.2, -0.15) is 0 Å². The molecular weight excluding hydrogens is 414 g/mol. The van der Waals surface area contributed by atoms with Crippen LogP contribution in [0.25, 0.3) is 11.1 Å². The highest BCUT2D eigenvalue weighted by molar-refractivity contribution is 7.92. The SMILES string of the molecule is COc1ccc(-c2cccc(C)c2C)cc1CNc1ccc(S(=O)(=O)CC(=O)O)cc1. The zero-order valence-corrected chi connectivity index (χ0v) is 18.5. The minimum Gasteiger partial charge on any atom is -0.496 e. The van der Waals surface area contributed by atoms with Crippen molar-refractivity contribution < 1.29 is 23.1 Å². The normalized spacial score (nSPS) is 11.2. The van der Waals surface area contributed by atoms with Gasteiger partial charge < -0.3 is 15.2 Å². The second kappa shape index (κ2) is 9.22. The lowest BCUT2D eigenvalue weighted by atomic mass is 9.95. The molecular formula is C24H25NO5S. The Morgan fingerprint density at radius 2 is 1.74 bits per heavy atom. The lowest BCUT2D eigenvalue weighted by molar-refractivity contribution is -0.134. The number of aliphatic carboxylic acids is 1. The van der Waals surface area contributed by atoms with Gasteiger partial charge in [-0.05, 0) is 72.5 Å². The number of ether oxygens (including phenoxy) is 1. The zero-order valence-electron chi connectivity index (χ0n) is 17.7. The van der Waals surface area contributed by atoms with Crippen LogP contribution in [0.1, 0.15) is 16.7 Å². The highest BCUT2D eigenvalue weighted by Crippen LogP contribution is 2.30. The van der Waals surface area contributed by atoms with Gasteiger partial charge in [0, 0.05) is 17.8 Å². The molecule has 0 saturated carbocycles. The van der Waals surface area contributed by atoms with Gasteiger partial charge in [-0.1, -0.05) is 24.3 Å². The monoisotopic (exact) mass is 439 g/mol. The van der Waals surface area contributed by atoms with Crippen molar-refractivity contribution in [1.82, 2.24) is 0 Å². The summed E-state index contributed by atoms with van der Waals surface area (Å²) in [5.74, 6) is -1.55. The molecule has 6 nitrogen and oxygen atoms in total. The third-order valence-electron chi connectivity index (χ3n) is 5.21. The number of nitrogens with one attached hydrogen (secondary N) is 1. The maximum absolute atomic E-state index is 12.0. The summed E-state index contributed by atoms with van der Waals surface area (Å²) >= 11 is 0. The van der Waals surface area contributed by atoms with Crippen molar-refractivity contribution in [3.8, 4) is 16.9 Å². The van der Waals surface area contributed by atoms with Crippen LogP contribution in [0.4, 0.5) is 5.69 Å². The van der Waals surface area contributed by atoms with Crippen LogP contribution in [0.2, 0.25) is 0 Å². The van der Waals surface area contributed by atoms with Gasteiger partial charge in [-0.25, -0.2) is 8.42 Å². The molecule has 0 bridgehead atoms. The molecule has 2 N–H and O–H groups in total. The molecule has 0 spiro atoms. The molecule has 0 amide bonds. The van der Waals surface area contributed by atoms with Crippen LogP contribution in [0.5, 0.6) is 5.75 Å². The van der Waals surface area contributed by atoms with E-state index in [9.17, 15) is 13.2 Å². The minimum atomic E-state index is -3.85. The molecule has 162 valence electrons. The van der Waals surface area contributed by atoms with Crippen molar-refractivity contribution in [3.05, 3.63) is 77.4 Å². The van der Waals surface area contributed by atoms with Crippen LogP contribution in [-0.4, -0.2) is 32.4 Å². The Hall–Kier alpha value is -3.32. The summed E-state index contributed by atoms with van der Waals surface area (Å²) in [6.45, 7) is 4.67. The Morgan fingerprint density at radius 1 is 1.03 bits per heavy atom. The highest BCUT2D eigenvalue weighted by Gasteiger charge is 2.18. The van der Waals surface area contributed by atoms with E-state index in [0.29, 0.717) is 12.2 Å². The second-order valence-electron chi connectivity index (χ2n) is 7.30. The summed E-state index contributed by atoms with van der Waals surface area (Å²) in [5, 5.41) is 12.0. The first-order valence-corrected chi connectivity index (χ1v) is 11.4. The van der Waals surface area contributed by atoms with E-state index < -0.39 is 21.6 Å². The van der Waals surface area contributed by atoms with Crippen LogP contribution in [0.15, 0.2) is 65.6 Å². The Morgan fingerprint density at radius 3 is 2.39 bits per heavy atom. The zero-order chi connectivity index (χ0) is 22.6. The number of rotatable bonds is 8. The molecule has 3 rings (SSSR count). The van der Waals surface area contributed by atoms with Gasteiger partial charge in [0.05, 0.1) is 12.0 Å². The third kappa shape index (κ3) is 5.24. The van der Waals surface area contributed by atoms with Crippen LogP contribution in [0.3, 0.4) is 0 Å². The molecule has 0 aliphatic carbocycles.